The van der Waals surface area contributed by atoms with Crippen LogP contribution in [0.25, 0.3) is 0 Å². The molecule has 0 aliphatic carbocycles. The molecule has 0 fully saturated rings. The summed E-state index contributed by atoms with van der Waals surface area (Å²) in [6, 6.07) is 0. The fraction of sp³-hybridized carbons (Fsp3) is 0.833. The van der Waals surface area contributed by atoms with Gasteiger partial charge in [0.25, 0.3) is 9.84 Å². The maximum atomic E-state index is 10.8. The van der Waals surface area contributed by atoms with Crippen LogP contribution < -0.4 is 0 Å². The van der Waals surface area contributed by atoms with E-state index in [2.05, 4.69) is 4.74 Å². The molecular weight excluding hydrogens is 168 g/mol. The molecule has 0 heterocycles. The quantitative estimate of drug-likeness (QED) is 0.607. The highest BCUT2D eigenvalue weighted by atomic mass is 32.2. The van der Waals surface area contributed by atoms with Crippen LogP contribution in [0.1, 0.15) is 19.8 Å². The van der Waals surface area contributed by atoms with Gasteiger partial charge in [-0.15, -0.1) is 0 Å². The summed E-state index contributed by atoms with van der Waals surface area (Å²) >= 11 is 0. The molecule has 66 valence electrons. The third-order valence-electron chi connectivity index (χ3n) is 1.19. The molecule has 0 aromatic carbocycles. The van der Waals surface area contributed by atoms with Gasteiger partial charge in [0.05, 0.1) is 12.9 Å². The maximum Gasteiger partial charge on any atom is 0.424 e. The Labute approximate surface area is 66.5 Å². The fourth-order valence-corrected chi connectivity index (χ4v) is 1.63. The summed E-state index contributed by atoms with van der Waals surface area (Å²) in [5.41, 5.74) is 0. The summed E-state index contributed by atoms with van der Waals surface area (Å²) in [5, 5.41) is -1.13. The lowest BCUT2D eigenvalue weighted by Crippen LogP contribution is -2.17. The van der Waals surface area contributed by atoms with Gasteiger partial charge in [0.2, 0.25) is 0 Å². The third-order valence-corrected chi connectivity index (χ3v) is 2.69. The SMILES string of the molecule is CCCCS(=O)(=O)C(=O)OC. The Morgan fingerprint density at radius 2 is 2.00 bits per heavy atom. The van der Waals surface area contributed by atoms with Crippen molar-refractivity contribution in [1.82, 2.24) is 0 Å². The Morgan fingerprint density at radius 1 is 1.45 bits per heavy atom. The van der Waals surface area contributed by atoms with Gasteiger partial charge in [-0.05, 0) is 6.42 Å². The molecule has 0 N–H and O–H groups in total. The van der Waals surface area contributed by atoms with Crippen LogP contribution in [-0.4, -0.2) is 26.6 Å². The second-order valence-electron chi connectivity index (χ2n) is 2.13. The molecule has 0 aliphatic heterocycles. The summed E-state index contributed by atoms with van der Waals surface area (Å²) < 4.78 is 25.8. The summed E-state index contributed by atoms with van der Waals surface area (Å²) in [6.07, 6.45) is 1.24. The van der Waals surface area contributed by atoms with Gasteiger partial charge in [0.15, 0.2) is 0 Å². The van der Waals surface area contributed by atoms with E-state index in [1.165, 1.54) is 0 Å². The first-order valence-corrected chi connectivity index (χ1v) is 5.00. The van der Waals surface area contributed by atoms with Crippen LogP contribution in [0.5, 0.6) is 0 Å². The predicted molar refractivity (Wildman–Crippen MR) is 41.1 cm³/mol. The van der Waals surface area contributed by atoms with Crippen molar-refractivity contribution in [2.45, 2.75) is 19.8 Å². The monoisotopic (exact) mass is 180 g/mol. The number of hydrogen-bond acceptors (Lipinski definition) is 4. The number of hydrogen-bond donors (Lipinski definition) is 0. The summed E-state index contributed by atoms with van der Waals surface area (Å²) in [7, 11) is -2.57. The molecule has 0 unspecified atom stereocenters. The van der Waals surface area contributed by atoms with Crippen LogP contribution in [0.2, 0.25) is 0 Å². The number of unbranched alkanes of at least 4 members (excludes halogenated alkanes) is 1. The van der Waals surface area contributed by atoms with Gasteiger partial charge in [-0.25, -0.2) is 13.2 Å². The lowest BCUT2D eigenvalue weighted by Gasteiger charge is -1.98. The van der Waals surface area contributed by atoms with Crippen molar-refractivity contribution >= 4 is 15.1 Å². The smallest absolute Gasteiger partial charge is 0.424 e. The van der Waals surface area contributed by atoms with Gasteiger partial charge in [-0.2, -0.15) is 0 Å². The highest BCUT2D eigenvalue weighted by Gasteiger charge is 2.21. The largest absolute Gasteiger partial charge is 0.457 e. The Bertz CT molecular complexity index is 217. The minimum atomic E-state index is -3.63. The first-order valence-electron chi connectivity index (χ1n) is 3.35. The molecule has 0 aliphatic rings. The standard InChI is InChI=1S/C6H12O4S/c1-3-4-5-11(8,9)6(7)10-2/h3-5H2,1-2H3. The second kappa shape index (κ2) is 4.33. The minimum Gasteiger partial charge on any atom is -0.457 e. The minimum absolute atomic E-state index is 0.115. The number of rotatable bonds is 3. The van der Waals surface area contributed by atoms with Gasteiger partial charge in [-0.3, -0.25) is 0 Å². The average molecular weight is 180 g/mol. The van der Waals surface area contributed by atoms with Crippen LogP contribution >= 0.6 is 0 Å². The van der Waals surface area contributed by atoms with Crippen molar-refractivity contribution < 1.29 is 17.9 Å². The highest BCUT2D eigenvalue weighted by Crippen LogP contribution is 1.99. The number of carbonyl (C=O) groups is 1. The van der Waals surface area contributed by atoms with E-state index in [1.54, 1.807) is 0 Å². The number of methoxy groups -OCH3 is 1. The van der Waals surface area contributed by atoms with E-state index in [0.717, 1.165) is 13.5 Å². The lowest BCUT2D eigenvalue weighted by molar-refractivity contribution is 0.197. The van der Waals surface area contributed by atoms with E-state index < -0.39 is 15.1 Å². The van der Waals surface area contributed by atoms with Gasteiger partial charge in [0.1, 0.15) is 0 Å². The number of carbonyl (C=O) groups excluding carboxylic acids is 1. The molecule has 5 heteroatoms. The Kier molecular flexibility index (Phi) is 4.10. The van der Waals surface area contributed by atoms with Crippen molar-refractivity contribution in [3.05, 3.63) is 0 Å². The summed E-state index contributed by atoms with van der Waals surface area (Å²) in [4.78, 5) is 10.5. The van der Waals surface area contributed by atoms with Crippen molar-refractivity contribution in [2.24, 2.45) is 0 Å². The first-order chi connectivity index (χ1) is 5.04. The molecule has 0 aromatic heterocycles. The Morgan fingerprint density at radius 3 is 2.36 bits per heavy atom. The summed E-state index contributed by atoms with van der Waals surface area (Å²) in [5.74, 6) is -0.115. The maximum absolute atomic E-state index is 10.8. The van der Waals surface area contributed by atoms with Crippen LogP contribution in [0.4, 0.5) is 4.79 Å². The van der Waals surface area contributed by atoms with E-state index in [0.29, 0.717) is 6.42 Å². The van der Waals surface area contributed by atoms with Gasteiger partial charge >= 0.3 is 5.30 Å². The van der Waals surface area contributed by atoms with Crippen molar-refractivity contribution in [1.29, 1.82) is 0 Å². The fourth-order valence-electron chi connectivity index (χ4n) is 0.545. The summed E-state index contributed by atoms with van der Waals surface area (Å²) in [6.45, 7) is 1.85. The molecule has 4 nitrogen and oxygen atoms in total. The molecule has 0 rings (SSSR count). The van der Waals surface area contributed by atoms with Crippen molar-refractivity contribution in [3.63, 3.8) is 0 Å². The third kappa shape index (κ3) is 3.36. The molecule has 11 heavy (non-hydrogen) atoms. The van der Waals surface area contributed by atoms with E-state index >= 15 is 0 Å². The molecule has 0 amide bonds. The van der Waals surface area contributed by atoms with E-state index in [-0.39, 0.29) is 5.75 Å². The van der Waals surface area contributed by atoms with E-state index in [4.69, 9.17) is 0 Å². The molecular formula is C6H12O4S. The normalized spacial score (nSPS) is 11.1. The molecule has 0 saturated carbocycles. The Balaban J connectivity index is 4.12. The molecule has 0 spiro atoms. The van der Waals surface area contributed by atoms with Crippen LogP contribution in [0, 0.1) is 0 Å². The lowest BCUT2D eigenvalue weighted by atomic mass is 10.4. The molecule has 0 radical (unpaired) electrons. The molecule has 0 bridgehead atoms. The number of ether oxygens (including phenoxy) is 1. The zero-order chi connectivity index (χ0) is 8.91. The average Bonchev–Trinajstić information content (AvgIpc) is 1.99. The van der Waals surface area contributed by atoms with Crippen LogP contribution in [0.15, 0.2) is 0 Å². The van der Waals surface area contributed by atoms with E-state index in [9.17, 15) is 13.2 Å². The van der Waals surface area contributed by atoms with Gasteiger partial charge < -0.3 is 4.74 Å². The van der Waals surface area contributed by atoms with Gasteiger partial charge in [0, 0.05) is 0 Å². The zero-order valence-corrected chi connectivity index (χ0v) is 7.48. The first kappa shape index (κ1) is 10.4. The molecule has 0 aromatic rings. The second-order valence-corrected chi connectivity index (χ2v) is 4.10. The van der Waals surface area contributed by atoms with Crippen LogP contribution in [-0.2, 0) is 14.6 Å². The van der Waals surface area contributed by atoms with Gasteiger partial charge in [-0.1, -0.05) is 13.3 Å². The van der Waals surface area contributed by atoms with Crippen LogP contribution in [0.3, 0.4) is 0 Å². The Hall–Kier alpha value is -0.580. The van der Waals surface area contributed by atoms with E-state index in [1.807, 2.05) is 6.92 Å². The predicted octanol–water partition coefficient (Wildman–Crippen LogP) is 0.968. The zero-order valence-electron chi connectivity index (χ0n) is 6.66. The molecule has 0 saturated heterocycles. The van der Waals surface area contributed by atoms with Crippen molar-refractivity contribution in [3.8, 4) is 0 Å². The molecule has 0 atom stereocenters. The highest BCUT2D eigenvalue weighted by molar-refractivity contribution is 8.05. The van der Waals surface area contributed by atoms with Crippen molar-refractivity contribution in [2.75, 3.05) is 12.9 Å². The number of sulfone groups is 1. The topological polar surface area (TPSA) is 60.4 Å².